The van der Waals surface area contributed by atoms with E-state index in [4.69, 9.17) is 0 Å². The molecule has 1 aliphatic heterocycles. The minimum absolute atomic E-state index is 0.0116. The Morgan fingerprint density at radius 2 is 1.45 bits per heavy atom. The Balaban J connectivity index is 0.000000694. The lowest BCUT2D eigenvalue weighted by atomic mass is 9.88. The molecule has 56 heavy (non-hydrogen) atoms. The van der Waals surface area contributed by atoms with Gasteiger partial charge in [0.25, 0.3) is 5.91 Å². The lowest BCUT2D eigenvalue weighted by molar-refractivity contribution is -0.117. The van der Waals surface area contributed by atoms with Crippen LogP contribution in [0.3, 0.4) is 0 Å². The van der Waals surface area contributed by atoms with Gasteiger partial charge in [0.15, 0.2) is 5.78 Å². The summed E-state index contributed by atoms with van der Waals surface area (Å²) < 4.78 is 0. The van der Waals surface area contributed by atoms with E-state index in [0.29, 0.717) is 5.56 Å². The van der Waals surface area contributed by atoms with Gasteiger partial charge in [-0.05, 0) is 110 Å². The third-order valence-corrected chi connectivity index (χ3v) is 9.94. The van der Waals surface area contributed by atoms with E-state index < -0.39 is 0 Å². The van der Waals surface area contributed by atoms with Crippen LogP contribution in [0.25, 0.3) is 5.57 Å². The predicted octanol–water partition coefficient (Wildman–Crippen LogP) is 12.0. The lowest BCUT2D eigenvalue weighted by Gasteiger charge is -2.46. The number of Topliss-reactive ketones (excluding diaryl/α,β-unsaturated/α-hetero) is 2. The molecule has 1 aromatic heterocycles. The first-order valence-electron chi connectivity index (χ1n) is 21.0. The fourth-order valence-corrected chi connectivity index (χ4v) is 6.18. The number of amides is 1. The number of likely N-dealkylation sites (tertiary alicyclic amines) is 1. The number of carbonyl (C=O) groups excluding carboxylic acids is 3. The normalized spacial score (nSPS) is 14.6. The van der Waals surface area contributed by atoms with E-state index in [1.165, 1.54) is 67.4 Å². The second-order valence-corrected chi connectivity index (χ2v) is 15.0. The summed E-state index contributed by atoms with van der Waals surface area (Å²) >= 11 is 0. The molecule has 0 saturated carbocycles. The van der Waals surface area contributed by atoms with Gasteiger partial charge in [-0.2, -0.15) is 0 Å². The summed E-state index contributed by atoms with van der Waals surface area (Å²) in [4.78, 5) is 41.2. The Kier molecular flexibility index (Phi) is 27.9. The van der Waals surface area contributed by atoms with Crippen molar-refractivity contribution in [3.63, 3.8) is 0 Å². The highest BCUT2D eigenvalue weighted by molar-refractivity contribution is 6.21. The number of unbranched alkanes of at least 4 members (excludes halogenated alkanes) is 2. The van der Waals surface area contributed by atoms with Crippen molar-refractivity contribution in [2.45, 2.75) is 152 Å². The number of nitrogens with one attached hydrogen (secondary N) is 1. The number of allylic oxidation sites excluding steroid dienone is 2. The molecule has 1 saturated heterocycles. The van der Waals surface area contributed by atoms with Crippen LogP contribution in [0.1, 0.15) is 152 Å². The van der Waals surface area contributed by atoms with Crippen LogP contribution in [-0.4, -0.2) is 72.5 Å². The Hall–Kier alpha value is -4.10. The molecule has 0 radical (unpaired) electrons. The molecular weight excluding hydrogens is 693 g/mol. The van der Waals surface area contributed by atoms with Crippen molar-refractivity contribution in [1.29, 1.82) is 0 Å². The SMILES string of the molecule is CCC(C)=C(C(C)=O)c1ccccc1NC.CCCC(C)=O.CCCCC1CC(CC)N1C.CCCCc1ccc(C)cc1.Cc1ccc(C(=O)N(C)C)cn1. The zero-order valence-electron chi connectivity index (χ0n) is 37.9. The summed E-state index contributed by atoms with van der Waals surface area (Å²) in [5, 5.41) is 3.12. The van der Waals surface area contributed by atoms with Gasteiger partial charge in [-0.15, -0.1) is 0 Å². The minimum atomic E-state index is -0.0116. The maximum absolute atomic E-state index is 11.7. The molecule has 0 bridgehead atoms. The van der Waals surface area contributed by atoms with Crippen molar-refractivity contribution in [2.75, 3.05) is 33.5 Å². The Morgan fingerprint density at radius 3 is 1.88 bits per heavy atom. The predicted molar refractivity (Wildman–Crippen MR) is 242 cm³/mol. The number of para-hydroxylation sites is 1. The van der Waals surface area contributed by atoms with Crippen molar-refractivity contribution >= 4 is 28.7 Å². The van der Waals surface area contributed by atoms with Crippen LogP contribution < -0.4 is 5.32 Å². The van der Waals surface area contributed by atoms with E-state index in [0.717, 1.165) is 59.4 Å². The number of aryl methyl sites for hydroxylation is 3. The molecule has 2 heterocycles. The number of carbonyl (C=O) groups is 3. The molecule has 0 aliphatic carbocycles. The number of pyridine rings is 1. The smallest absolute Gasteiger partial charge is 0.254 e. The zero-order chi connectivity index (χ0) is 42.6. The fourth-order valence-electron chi connectivity index (χ4n) is 6.18. The van der Waals surface area contributed by atoms with Crippen molar-refractivity contribution in [3.8, 4) is 0 Å². The van der Waals surface area contributed by atoms with E-state index in [2.05, 4.69) is 81.1 Å². The highest BCUT2D eigenvalue weighted by Crippen LogP contribution is 2.29. The van der Waals surface area contributed by atoms with E-state index in [-0.39, 0.29) is 17.5 Å². The largest absolute Gasteiger partial charge is 0.388 e. The van der Waals surface area contributed by atoms with Crippen LogP contribution in [0.5, 0.6) is 0 Å². The maximum Gasteiger partial charge on any atom is 0.254 e. The number of nitrogens with zero attached hydrogens (tertiary/aromatic N) is 3. The highest BCUT2D eigenvalue weighted by Gasteiger charge is 2.32. The van der Waals surface area contributed by atoms with Gasteiger partial charge >= 0.3 is 0 Å². The van der Waals surface area contributed by atoms with Crippen molar-refractivity contribution < 1.29 is 14.4 Å². The number of hydrogen-bond donors (Lipinski definition) is 1. The van der Waals surface area contributed by atoms with Crippen LogP contribution in [0, 0.1) is 13.8 Å². The summed E-state index contributed by atoms with van der Waals surface area (Å²) in [5.74, 6) is 0.405. The maximum atomic E-state index is 11.7. The van der Waals surface area contributed by atoms with Gasteiger partial charge in [-0.1, -0.05) is 107 Å². The standard InChI is InChI=1S/C14H19NO.C11H16.C10H21N.C9H12N2O.C5H10O/c1-5-10(2)14(11(3)16)12-8-6-7-9-13(12)15-4;1-3-4-5-11-8-6-10(2)7-9-11;1-4-6-7-10-8-9(5-2)11(10)3;1-7-4-5-8(6-10-7)9(12)11(2)3;1-3-4-5(2)6/h6-9,15H,5H2,1-4H3;6-9H,3-5H2,1-2H3;9-10H,4-8H2,1-3H3;4-6H,1-3H3;3-4H2,1-2H3. The third kappa shape index (κ3) is 20.7. The molecule has 7 heteroatoms. The minimum Gasteiger partial charge on any atom is -0.388 e. The molecule has 1 amide bonds. The molecule has 312 valence electrons. The first kappa shape index (κ1) is 51.9. The van der Waals surface area contributed by atoms with Gasteiger partial charge in [0.1, 0.15) is 5.78 Å². The number of hydrogen-bond acceptors (Lipinski definition) is 6. The summed E-state index contributed by atoms with van der Waals surface area (Å²) in [6.07, 6.45) is 15.0. The van der Waals surface area contributed by atoms with Crippen LogP contribution in [-0.2, 0) is 16.0 Å². The average Bonchev–Trinajstić information content (AvgIpc) is 3.18. The van der Waals surface area contributed by atoms with Crippen molar-refractivity contribution in [2.24, 2.45) is 0 Å². The highest BCUT2D eigenvalue weighted by atomic mass is 16.2. The second-order valence-electron chi connectivity index (χ2n) is 15.0. The molecule has 1 fully saturated rings. The summed E-state index contributed by atoms with van der Waals surface area (Å²) in [7, 11) is 7.60. The van der Waals surface area contributed by atoms with Gasteiger partial charge in [-0.3, -0.25) is 14.6 Å². The molecule has 1 N–H and O–H groups in total. The van der Waals surface area contributed by atoms with Gasteiger partial charge in [0, 0.05) is 68.4 Å². The number of anilines is 1. The number of aromatic nitrogens is 1. The molecule has 0 spiro atoms. The Morgan fingerprint density at radius 1 is 0.821 bits per heavy atom. The van der Waals surface area contributed by atoms with Crippen molar-refractivity contribution in [3.05, 3.63) is 100 Å². The topological polar surface area (TPSA) is 82.6 Å². The van der Waals surface area contributed by atoms with E-state index in [1.54, 1.807) is 40.2 Å². The average molecular weight is 771 g/mol. The van der Waals surface area contributed by atoms with Crippen LogP contribution >= 0.6 is 0 Å². The summed E-state index contributed by atoms with van der Waals surface area (Å²) in [6.45, 7) is 20.1. The molecule has 7 nitrogen and oxygen atoms in total. The first-order chi connectivity index (χ1) is 26.6. The van der Waals surface area contributed by atoms with Crippen LogP contribution in [0.2, 0.25) is 0 Å². The quantitative estimate of drug-likeness (QED) is 0.164. The van der Waals surface area contributed by atoms with E-state index >= 15 is 0 Å². The molecule has 2 aromatic carbocycles. The molecule has 2 unspecified atom stereocenters. The monoisotopic (exact) mass is 771 g/mol. The summed E-state index contributed by atoms with van der Waals surface area (Å²) in [5.41, 5.74) is 8.35. The Labute approximate surface area is 342 Å². The van der Waals surface area contributed by atoms with Gasteiger partial charge in [0.2, 0.25) is 0 Å². The Bertz CT molecular complexity index is 1560. The lowest BCUT2D eigenvalue weighted by Crippen LogP contribution is -2.52. The molecule has 3 aromatic rings. The van der Waals surface area contributed by atoms with E-state index in [9.17, 15) is 14.4 Å². The number of ketones is 2. The molecular formula is C49H78N4O3. The first-order valence-corrected chi connectivity index (χ1v) is 21.0. The molecule has 1 aliphatic rings. The number of benzene rings is 2. The fraction of sp³-hybridized carbons (Fsp3) is 0.551. The molecule has 2 atom stereocenters. The van der Waals surface area contributed by atoms with Crippen LogP contribution in [0.15, 0.2) is 72.4 Å². The van der Waals surface area contributed by atoms with Crippen molar-refractivity contribution in [1.82, 2.24) is 14.8 Å². The van der Waals surface area contributed by atoms with Gasteiger partial charge in [0.05, 0.1) is 5.56 Å². The van der Waals surface area contributed by atoms with Gasteiger partial charge in [-0.25, -0.2) is 0 Å². The number of rotatable bonds is 14. The second kappa shape index (κ2) is 30.1. The summed E-state index contributed by atoms with van der Waals surface area (Å²) in [6, 6.07) is 22.2. The van der Waals surface area contributed by atoms with E-state index in [1.807, 2.05) is 58.2 Å². The van der Waals surface area contributed by atoms with Gasteiger partial charge < -0.3 is 19.9 Å². The zero-order valence-corrected chi connectivity index (χ0v) is 37.9. The third-order valence-electron chi connectivity index (χ3n) is 9.94. The molecule has 4 rings (SSSR count). The van der Waals surface area contributed by atoms with Crippen LogP contribution in [0.4, 0.5) is 5.69 Å².